The summed E-state index contributed by atoms with van der Waals surface area (Å²) in [5, 5.41) is 18.9. The van der Waals surface area contributed by atoms with E-state index in [0.717, 1.165) is 0 Å². The van der Waals surface area contributed by atoms with Crippen LogP contribution in [0.3, 0.4) is 0 Å². The van der Waals surface area contributed by atoms with Crippen molar-refractivity contribution in [1.29, 1.82) is 0 Å². The van der Waals surface area contributed by atoms with E-state index in [9.17, 15) is 27.9 Å². The van der Waals surface area contributed by atoms with Crippen molar-refractivity contribution in [2.45, 2.75) is 44.5 Å². The van der Waals surface area contributed by atoms with Gasteiger partial charge in [-0.3, -0.25) is 0 Å². The van der Waals surface area contributed by atoms with Crippen molar-refractivity contribution >= 4 is 35.1 Å². The molecule has 0 aromatic heterocycles. The summed E-state index contributed by atoms with van der Waals surface area (Å²) >= 11 is 6.09. The molecule has 3 rings (SSSR count). The lowest BCUT2D eigenvalue weighted by molar-refractivity contribution is -0.142. The summed E-state index contributed by atoms with van der Waals surface area (Å²) in [5.74, 6) is -2.72. The lowest BCUT2D eigenvalue weighted by Crippen LogP contribution is -2.51. The second-order valence-electron chi connectivity index (χ2n) is 7.59. The van der Waals surface area contributed by atoms with E-state index in [1.54, 1.807) is 13.0 Å². The molecular formula is C23H20ClF3N2O5. The number of ether oxygens (including phenoxy) is 1. The molecule has 180 valence electrons. The Balaban J connectivity index is 1.80. The highest BCUT2D eigenvalue weighted by molar-refractivity contribution is 6.34. The van der Waals surface area contributed by atoms with Gasteiger partial charge in [0.15, 0.2) is 5.71 Å². The van der Waals surface area contributed by atoms with Crippen LogP contribution in [0.5, 0.6) is 5.75 Å². The molecule has 0 bridgehead atoms. The summed E-state index contributed by atoms with van der Waals surface area (Å²) in [4.78, 5) is 30.6. The number of benzene rings is 2. The molecule has 0 amide bonds. The van der Waals surface area contributed by atoms with Gasteiger partial charge in [-0.15, -0.1) is 0 Å². The summed E-state index contributed by atoms with van der Waals surface area (Å²) in [7, 11) is 0. The summed E-state index contributed by atoms with van der Waals surface area (Å²) in [6.07, 6.45) is -4.90. The predicted molar refractivity (Wildman–Crippen MR) is 119 cm³/mol. The first-order valence-electron chi connectivity index (χ1n) is 10.2. The van der Waals surface area contributed by atoms with Gasteiger partial charge in [0.05, 0.1) is 10.6 Å². The van der Waals surface area contributed by atoms with Crippen LogP contribution < -0.4 is 4.74 Å². The number of aromatic carboxylic acids is 1. The molecule has 1 aliphatic rings. The Morgan fingerprint density at radius 3 is 2.35 bits per heavy atom. The third-order valence-corrected chi connectivity index (χ3v) is 5.58. The monoisotopic (exact) mass is 496 g/mol. The predicted octanol–water partition coefficient (Wildman–Crippen LogP) is 5.20. The van der Waals surface area contributed by atoms with Gasteiger partial charge < -0.3 is 14.9 Å². The van der Waals surface area contributed by atoms with Crippen molar-refractivity contribution in [2.24, 2.45) is 9.98 Å². The minimum Gasteiger partial charge on any atom is -0.489 e. The molecule has 1 heterocycles. The molecule has 1 atom stereocenters. The summed E-state index contributed by atoms with van der Waals surface area (Å²) in [6.45, 7) is 1.68. The van der Waals surface area contributed by atoms with Gasteiger partial charge in [-0.2, -0.15) is 13.2 Å². The van der Waals surface area contributed by atoms with Gasteiger partial charge in [-0.1, -0.05) is 42.8 Å². The number of carboxylic acids is 2. The molecule has 0 radical (unpaired) electrons. The number of carbonyl (C=O) groups is 2. The molecule has 7 nitrogen and oxygen atoms in total. The first kappa shape index (κ1) is 25.2. The molecule has 1 unspecified atom stereocenters. The topological polar surface area (TPSA) is 109 Å². The van der Waals surface area contributed by atoms with Crippen molar-refractivity contribution in [1.82, 2.24) is 0 Å². The number of aliphatic carboxylic acids is 1. The largest absolute Gasteiger partial charge is 0.489 e. The fourth-order valence-electron chi connectivity index (χ4n) is 3.52. The fourth-order valence-corrected chi connectivity index (χ4v) is 3.78. The zero-order valence-electron chi connectivity index (χ0n) is 17.9. The Morgan fingerprint density at radius 2 is 1.79 bits per heavy atom. The van der Waals surface area contributed by atoms with Crippen LogP contribution in [0.25, 0.3) is 0 Å². The van der Waals surface area contributed by atoms with Gasteiger partial charge in [-0.05, 0) is 30.2 Å². The van der Waals surface area contributed by atoms with E-state index >= 15 is 0 Å². The minimum atomic E-state index is -4.95. The minimum absolute atomic E-state index is 0.0379. The molecule has 0 fully saturated rings. The van der Waals surface area contributed by atoms with Crippen LogP contribution in [0.2, 0.25) is 5.02 Å². The maximum Gasteiger partial charge on any atom is 0.432 e. The number of halogens is 4. The summed E-state index contributed by atoms with van der Waals surface area (Å²) < 4.78 is 46.5. The zero-order valence-corrected chi connectivity index (χ0v) is 18.7. The van der Waals surface area contributed by atoms with Crippen molar-refractivity contribution in [2.75, 3.05) is 0 Å². The number of rotatable bonds is 9. The van der Waals surface area contributed by atoms with Crippen molar-refractivity contribution in [3.63, 3.8) is 0 Å². The van der Waals surface area contributed by atoms with E-state index < -0.39 is 35.8 Å². The van der Waals surface area contributed by atoms with Crippen molar-refractivity contribution in [3.8, 4) is 5.75 Å². The van der Waals surface area contributed by atoms with E-state index in [2.05, 4.69) is 9.98 Å². The highest BCUT2D eigenvalue weighted by atomic mass is 35.5. The molecule has 2 aromatic rings. The van der Waals surface area contributed by atoms with Crippen molar-refractivity contribution < 1.29 is 37.7 Å². The molecule has 34 heavy (non-hydrogen) atoms. The summed E-state index contributed by atoms with van der Waals surface area (Å²) in [6, 6.07) is 10.3. The SMILES string of the molecule is CCCC1=NC(Cc2ccc(OCc3cccc(C(=O)O)c3Cl)cc2)(C(=O)O)C(C(F)(F)F)=N1. The smallest absolute Gasteiger partial charge is 0.432 e. The molecule has 0 spiro atoms. The Morgan fingerprint density at radius 1 is 1.12 bits per heavy atom. The van der Waals surface area contributed by atoms with E-state index in [4.69, 9.17) is 21.4 Å². The Bertz CT molecular complexity index is 1160. The van der Waals surface area contributed by atoms with Gasteiger partial charge in [-0.25, -0.2) is 19.6 Å². The van der Waals surface area contributed by atoms with Crippen LogP contribution in [-0.2, 0) is 17.8 Å². The van der Waals surface area contributed by atoms with E-state index in [-0.39, 0.29) is 29.4 Å². The third kappa shape index (κ3) is 5.22. The quantitative estimate of drug-likeness (QED) is 0.496. The Kier molecular flexibility index (Phi) is 7.30. The van der Waals surface area contributed by atoms with Gasteiger partial charge in [0.25, 0.3) is 0 Å². The van der Waals surface area contributed by atoms with E-state index in [1.807, 2.05) is 0 Å². The second-order valence-corrected chi connectivity index (χ2v) is 7.97. The molecular weight excluding hydrogens is 477 g/mol. The van der Waals surface area contributed by atoms with Crippen LogP contribution in [0.4, 0.5) is 13.2 Å². The van der Waals surface area contributed by atoms with E-state index in [1.165, 1.54) is 36.4 Å². The third-order valence-electron chi connectivity index (χ3n) is 5.14. The van der Waals surface area contributed by atoms with Gasteiger partial charge in [0.1, 0.15) is 18.2 Å². The number of amidine groups is 1. The maximum absolute atomic E-state index is 13.6. The molecule has 2 aromatic carbocycles. The van der Waals surface area contributed by atoms with Crippen LogP contribution in [0.15, 0.2) is 52.4 Å². The van der Waals surface area contributed by atoms with Gasteiger partial charge in [0.2, 0.25) is 5.54 Å². The van der Waals surface area contributed by atoms with Crippen LogP contribution in [0.1, 0.15) is 41.3 Å². The Hall–Kier alpha value is -3.40. The fraction of sp³-hybridized carbons (Fsp3) is 0.304. The number of hydrogen-bond acceptors (Lipinski definition) is 5. The normalized spacial score (nSPS) is 17.8. The maximum atomic E-state index is 13.6. The molecule has 0 aliphatic carbocycles. The number of nitrogens with zero attached hydrogens (tertiary/aromatic N) is 2. The first-order chi connectivity index (χ1) is 16.0. The number of hydrogen-bond donors (Lipinski definition) is 2. The number of aliphatic imine (C=N–C) groups is 2. The number of carboxylic acid groups (broad SMARTS) is 2. The lowest BCUT2D eigenvalue weighted by Gasteiger charge is -2.25. The van der Waals surface area contributed by atoms with E-state index in [0.29, 0.717) is 23.3 Å². The average Bonchev–Trinajstić information content (AvgIpc) is 3.14. The van der Waals surface area contributed by atoms with Crippen molar-refractivity contribution in [3.05, 3.63) is 64.2 Å². The first-order valence-corrected chi connectivity index (χ1v) is 10.6. The zero-order chi connectivity index (χ0) is 25.1. The molecule has 1 aliphatic heterocycles. The number of alkyl halides is 3. The summed E-state index contributed by atoms with van der Waals surface area (Å²) in [5.41, 5.74) is -3.34. The molecule has 0 saturated heterocycles. The lowest BCUT2D eigenvalue weighted by atomic mass is 9.86. The van der Waals surface area contributed by atoms with Crippen LogP contribution in [0, 0.1) is 0 Å². The van der Waals surface area contributed by atoms with Crippen LogP contribution in [-0.4, -0.2) is 45.4 Å². The molecule has 11 heteroatoms. The van der Waals surface area contributed by atoms with Crippen LogP contribution >= 0.6 is 11.6 Å². The molecule has 0 saturated carbocycles. The van der Waals surface area contributed by atoms with Gasteiger partial charge >= 0.3 is 18.1 Å². The Labute approximate surface area is 197 Å². The average molecular weight is 497 g/mol. The standard InChI is InChI=1S/C23H20ClF3N2O5/c1-2-4-17-28-20(23(25,26)27)22(29-17,21(32)33)11-13-7-9-15(10-8-13)34-12-14-5-3-6-16(18(14)24)19(30)31/h3,5-10H,2,4,11-12H2,1H3,(H,30,31)(H,32,33). The second kappa shape index (κ2) is 9.84. The van der Waals surface area contributed by atoms with Gasteiger partial charge in [0, 0.05) is 18.4 Å². The highest BCUT2D eigenvalue weighted by Crippen LogP contribution is 2.36. The highest BCUT2D eigenvalue weighted by Gasteiger charge is 2.58. The molecule has 2 N–H and O–H groups in total.